The molecule has 1 fully saturated rings. The average Bonchev–Trinajstić information content (AvgIpc) is 3.18. The first kappa shape index (κ1) is 23.5. The molecule has 0 bridgehead atoms. The minimum absolute atomic E-state index is 0. The van der Waals surface area contributed by atoms with Crippen LogP contribution in [0.4, 0.5) is 4.39 Å². The van der Waals surface area contributed by atoms with Gasteiger partial charge in [0.25, 0.3) is 0 Å². The molecule has 0 atom stereocenters. The fourth-order valence-electron chi connectivity index (χ4n) is 3.51. The van der Waals surface area contributed by atoms with E-state index >= 15 is 0 Å². The maximum Gasteiger partial charge on any atom is 0.191 e. The number of aryl methyl sites for hydroxylation is 1. The Hall–Kier alpha value is -1.75. The van der Waals surface area contributed by atoms with Gasteiger partial charge in [-0.3, -0.25) is 9.89 Å². The highest BCUT2D eigenvalue weighted by Gasteiger charge is 2.20. The Morgan fingerprint density at radius 3 is 2.62 bits per heavy atom. The van der Waals surface area contributed by atoms with Crippen molar-refractivity contribution >= 4 is 29.9 Å². The number of guanidine groups is 1. The summed E-state index contributed by atoms with van der Waals surface area (Å²) in [6.45, 7) is 6.58. The molecule has 2 aromatic rings. The van der Waals surface area contributed by atoms with Gasteiger partial charge in [-0.25, -0.2) is 4.39 Å². The molecule has 0 aliphatic carbocycles. The first-order valence-electron chi connectivity index (χ1n) is 9.98. The first-order chi connectivity index (χ1) is 13.7. The second-order valence-electron chi connectivity index (χ2n) is 7.11. The number of halogens is 2. The number of piperidine rings is 1. The van der Waals surface area contributed by atoms with E-state index in [-0.39, 0.29) is 29.8 Å². The number of likely N-dealkylation sites (tertiary alicyclic amines) is 1. The monoisotopic (exact) mass is 515 g/mol. The van der Waals surface area contributed by atoms with E-state index in [9.17, 15) is 4.39 Å². The van der Waals surface area contributed by atoms with E-state index in [1.165, 1.54) is 12.1 Å². The van der Waals surface area contributed by atoms with Crippen molar-refractivity contribution in [3.05, 3.63) is 47.8 Å². The highest BCUT2D eigenvalue weighted by atomic mass is 127. The standard InChI is InChI=1S/C20H30FN7.HI/c1-3-19-26-24-15-28(19)13-10-23-20(22-2)25-18-8-11-27(12-9-18)14-16-4-6-17(21)7-5-16;/h4-7,15,18H,3,8-14H2,1-2H3,(H2,22,23,25);1H. The van der Waals surface area contributed by atoms with Gasteiger partial charge in [0.05, 0.1) is 0 Å². The lowest BCUT2D eigenvalue weighted by atomic mass is 10.0. The number of nitrogens with zero attached hydrogens (tertiary/aromatic N) is 5. The van der Waals surface area contributed by atoms with Gasteiger partial charge in [0.15, 0.2) is 5.96 Å². The molecule has 2 N–H and O–H groups in total. The number of nitrogens with one attached hydrogen (secondary N) is 2. The van der Waals surface area contributed by atoms with Gasteiger partial charge in [0.2, 0.25) is 0 Å². The van der Waals surface area contributed by atoms with Crippen molar-refractivity contribution in [2.24, 2.45) is 4.99 Å². The Bertz CT molecular complexity index is 754. The minimum Gasteiger partial charge on any atom is -0.355 e. The fraction of sp³-hybridized carbons (Fsp3) is 0.550. The summed E-state index contributed by atoms with van der Waals surface area (Å²) in [5.41, 5.74) is 1.16. The van der Waals surface area contributed by atoms with E-state index in [1.54, 1.807) is 13.4 Å². The maximum atomic E-state index is 13.0. The summed E-state index contributed by atoms with van der Waals surface area (Å²) >= 11 is 0. The van der Waals surface area contributed by atoms with Crippen molar-refractivity contribution in [1.29, 1.82) is 0 Å². The molecule has 0 amide bonds. The SMILES string of the molecule is CCc1nncn1CCNC(=NC)NC1CCN(Cc2ccc(F)cc2)CC1.I. The number of hydrogen-bond acceptors (Lipinski definition) is 4. The van der Waals surface area contributed by atoms with Crippen molar-refractivity contribution in [1.82, 2.24) is 30.3 Å². The zero-order chi connectivity index (χ0) is 19.8. The van der Waals surface area contributed by atoms with Gasteiger partial charge in [-0.1, -0.05) is 19.1 Å². The van der Waals surface area contributed by atoms with Crippen molar-refractivity contribution < 1.29 is 4.39 Å². The summed E-state index contributed by atoms with van der Waals surface area (Å²) in [6, 6.07) is 7.21. The lowest BCUT2D eigenvalue weighted by molar-refractivity contribution is 0.198. The molecule has 7 nitrogen and oxygen atoms in total. The number of hydrogen-bond donors (Lipinski definition) is 2. The second-order valence-corrected chi connectivity index (χ2v) is 7.11. The quantitative estimate of drug-likeness (QED) is 0.337. The summed E-state index contributed by atoms with van der Waals surface area (Å²) in [5, 5.41) is 15.0. The van der Waals surface area contributed by atoms with Crippen molar-refractivity contribution in [3.63, 3.8) is 0 Å². The fourth-order valence-corrected chi connectivity index (χ4v) is 3.51. The lowest BCUT2D eigenvalue weighted by Gasteiger charge is -2.33. The lowest BCUT2D eigenvalue weighted by Crippen LogP contribution is -2.49. The van der Waals surface area contributed by atoms with E-state index in [1.807, 2.05) is 12.1 Å². The Kier molecular flexibility index (Phi) is 9.79. The number of rotatable bonds is 7. The van der Waals surface area contributed by atoms with Crippen LogP contribution in [0.5, 0.6) is 0 Å². The number of aliphatic imine (C=N–C) groups is 1. The third kappa shape index (κ3) is 7.22. The Balaban J connectivity index is 0.00000300. The molecule has 0 unspecified atom stereocenters. The van der Waals surface area contributed by atoms with Crippen molar-refractivity contribution in [3.8, 4) is 0 Å². The molecule has 0 spiro atoms. The van der Waals surface area contributed by atoms with Crippen LogP contribution in [0.1, 0.15) is 31.2 Å². The number of benzene rings is 1. The molecule has 1 aliphatic heterocycles. The predicted octanol–water partition coefficient (Wildman–Crippen LogP) is 2.43. The molecule has 2 heterocycles. The Labute approximate surface area is 189 Å². The van der Waals surface area contributed by atoms with Crippen molar-refractivity contribution in [2.45, 2.75) is 45.3 Å². The smallest absolute Gasteiger partial charge is 0.191 e. The van der Waals surface area contributed by atoms with Crippen LogP contribution in [-0.2, 0) is 19.5 Å². The van der Waals surface area contributed by atoms with Crippen LogP contribution < -0.4 is 10.6 Å². The average molecular weight is 515 g/mol. The summed E-state index contributed by atoms with van der Waals surface area (Å²) < 4.78 is 15.1. The maximum absolute atomic E-state index is 13.0. The van der Waals surface area contributed by atoms with Gasteiger partial charge in [0.1, 0.15) is 18.0 Å². The van der Waals surface area contributed by atoms with Crippen LogP contribution in [-0.4, -0.2) is 58.3 Å². The third-order valence-corrected chi connectivity index (χ3v) is 5.13. The summed E-state index contributed by atoms with van der Waals surface area (Å²) in [4.78, 5) is 6.76. The molecular weight excluding hydrogens is 484 g/mol. The van der Waals surface area contributed by atoms with Crippen molar-refractivity contribution in [2.75, 3.05) is 26.7 Å². The van der Waals surface area contributed by atoms with Gasteiger partial charge in [0, 0.05) is 52.2 Å². The summed E-state index contributed by atoms with van der Waals surface area (Å²) in [6.07, 6.45) is 4.78. The number of aromatic nitrogens is 3. The predicted molar refractivity (Wildman–Crippen MR) is 124 cm³/mol. The molecule has 1 saturated heterocycles. The van der Waals surface area contributed by atoms with Crippen LogP contribution >= 0.6 is 24.0 Å². The molecule has 29 heavy (non-hydrogen) atoms. The van der Waals surface area contributed by atoms with Gasteiger partial charge < -0.3 is 15.2 Å². The van der Waals surface area contributed by atoms with Gasteiger partial charge >= 0.3 is 0 Å². The highest BCUT2D eigenvalue weighted by Crippen LogP contribution is 2.14. The van der Waals surface area contributed by atoms with Gasteiger partial charge in [-0.05, 0) is 30.5 Å². The molecule has 1 aliphatic rings. The molecule has 160 valence electrons. The van der Waals surface area contributed by atoms with Gasteiger partial charge in [-0.15, -0.1) is 34.2 Å². The van der Waals surface area contributed by atoms with Crippen LogP contribution in [0, 0.1) is 5.82 Å². The van der Waals surface area contributed by atoms with E-state index in [4.69, 9.17) is 0 Å². The third-order valence-electron chi connectivity index (χ3n) is 5.13. The molecule has 1 aromatic carbocycles. The van der Waals surface area contributed by atoms with E-state index in [2.05, 4.69) is 42.2 Å². The highest BCUT2D eigenvalue weighted by molar-refractivity contribution is 14.0. The van der Waals surface area contributed by atoms with Crippen LogP contribution in [0.3, 0.4) is 0 Å². The summed E-state index contributed by atoms with van der Waals surface area (Å²) in [5.74, 6) is 1.65. The molecule has 3 rings (SSSR count). The van der Waals surface area contributed by atoms with E-state index in [0.717, 1.165) is 69.3 Å². The molecule has 9 heteroatoms. The van der Waals surface area contributed by atoms with Crippen LogP contribution in [0.15, 0.2) is 35.6 Å². The molecular formula is C20H31FIN7. The van der Waals surface area contributed by atoms with Crippen LogP contribution in [0.25, 0.3) is 0 Å². The zero-order valence-electron chi connectivity index (χ0n) is 17.1. The van der Waals surface area contributed by atoms with E-state index < -0.39 is 0 Å². The molecule has 0 saturated carbocycles. The minimum atomic E-state index is -0.180. The van der Waals surface area contributed by atoms with Gasteiger partial charge in [-0.2, -0.15) is 0 Å². The Morgan fingerprint density at radius 2 is 1.97 bits per heavy atom. The van der Waals surface area contributed by atoms with Crippen LogP contribution in [0.2, 0.25) is 0 Å². The second kappa shape index (κ2) is 12.1. The normalized spacial score (nSPS) is 15.8. The largest absolute Gasteiger partial charge is 0.355 e. The van der Waals surface area contributed by atoms with E-state index in [0.29, 0.717) is 6.04 Å². The Morgan fingerprint density at radius 1 is 1.24 bits per heavy atom. The topological polar surface area (TPSA) is 70.4 Å². The molecule has 0 radical (unpaired) electrons. The molecule has 1 aromatic heterocycles. The summed E-state index contributed by atoms with van der Waals surface area (Å²) in [7, 11) is 1.80. The zero-order valence-corrected chi connectivity index (χ0v) is 19.5. The first-order valence-corrected chi connectivity index (χ1v) is 9.98.